The Hall–Kier alpha value is -4.25. The van der Waals surface area contributed by atoms with Crippen molar-refractivity contribution < 1.29 is 43.5 Å². The number of piperidine rings is 1. The molecule has 0 radical (unpaired) electrons. The molecule has 3 aliphatic rings. The fourth-order valence-electron chi connectivity index (χ4n) is 7.67. The smallest absolute Gasteiger partial charge is 0.332 e. The van der Waals surface area contributed by atoms with Crippen LogP contribution in [0.3, 0.4) is 0 Å². The van der Waals surface area contributed by atoms with E-state index in [0.717, 1.165) is 55.3 Å². The molecule has 0 saturated carbocycles. The second-order valence-electron chi connectivity index (χ2n) is 12.3. The van der Waals surface area contributed by atoms with Gasteiger partial charge in [-0.05, 0) is 84.0 Å². The zero-order valence-electron chi connectivity index (χ0n) is 27.2. The second-order valence-corrected chi connectivity index (χ2v) is 12.3. The SMILES string of the molecule is CC[C@H]1CN2CCc3cc(OC)c(OC)cc3[C@@H]2C[C@@H]1C[C@@H]1c2cc(OC)c(OC)cc2CCN1C(=O)/C=C(/CC(=O)O)C(=O)O. The number of amides is 1. The van der Waals surface area contributed by atoms with Crippen molar-refractivity contribution in [3.05, 3.63) is 58.2 Å². The Labute approximate surface area is 269 Å². The molecule has 2 aromatic rings. The Morgan fingerprint density at radius 3 is 1.96 bits per heavy atom. The molecule has 0 aliphatic carbocycles. The molecule has 0 unspecified atom stereocenters. The summed E-state index contributed by atoms with van der Waals surface area (Å²) < 4.78 is 22.5. The molecule has 0 aromatic heterocycles. The Morgan fingerprint density at radius 2 is 1.39 bits per heavy atom. The molecule has 5 rings (SSSR count). The molecular weight excluding hydrogens is 592 g/mol. The van der Waals surface area contributed by atoms with Gasteiger partial charge in [-0.2, -0.15) is 0 Å². The Kier molecular flexibility index (Phi) is 10.1. The van der Waals surface area contributed by atoms with E-state index >= 15 is 0 Å². The maximum Gasteiger partial charge on any atom is 0.332 e. The number of benzene rings is 2. The van der Waals surface area contributed by atoms with Crippen LogP contribution in [0.15, 0.2) is 35.9 Å². The average molecular weight is 637 g/mol. The van der Waals surface area contributed by atoms with Crippen LogP contribution in [0.25, 0.3) is 0 Å². The van der Waals surface area contributed by atoms with Gasteiger partial charge >= 0.3 is 11.9 Å². The molecular formula is C35H44N2O9. The number of hydrogen-bond acceptors (Lipinski definition) is 8. The molecule has 0 spiro atoms. The number of methoxy groups -OCH3 is 4. The van der Waals surface area contributed by atoms with Crippen molar-refractivity contribution in [3.63, 3.8) is 0 Å². The summed E-state index contributed by atoms with van der Waals surface area (Å²) in [7, 11) is 6.47. The topological polar surface area (TPSA) is 135 Å². The number of aliphatic carboxylic acids is 2. The standard InChI is InChI=1S/C35H44N2O9/c1-6-20-19-36-9-7-21-13-29(43-2)31(45-4)17-25(21)27(36)11-23(20)12-28-26-18-32(46-5)30(44-3)14-22(26)8-10-37(28)33(38)15-24(35(41)42)16-34(39)40/h13-15,17-18,20,23,27-28H,6-12,16,19H2,1-5H3,(H,39,40)(H,41,42)/b24-15-/t20-,23+,27-,28+/m0/s1. The highest BCUT2D eigenvalue weighted by Crippen LogP contribution is 2.49. The fourth-order valence-corrected chi connectivity index (χ4v) is 7.67. The molecule has 1 fully saturated rings. The molecule has 2 aromatic carbocycles. The van der Waals surface area contributed by atoms with E-state index in [4.69, 9.17) is 18.9 Å². The predicted octanol–water partition coefficient (Wildman–Crippen LogP) is 4.67. The van der Waals surface area contributed by atoms with Gasteiger partial charge in [0.05, 0.1) is 46.5 Å². The number of carboxylic acids is 2. The molecule has 11 nitrogen and oxygen atoms in total. The highest BCUT2D eigenvalue weighted by molar-refractivity contribution is 6.00. The average Bonchev–Trinajstić information content (AvgIpc) is 3.05. The van der Waals surface area contributed by atoms with Crippen LogP contribution in [-0.4, -0.2) is 85.9 Å². The highest BCUT2D eigenvalue weighted by atomic mass is 16.5. The van der Waals surface area contributed by atoms with E-state index in [9.17, 15) is 24.6 Å². The van der Waals surface area contributed by atoms with Crippen LogP contribution in [0.1, 0.15) is 66.9 Å². The van der Waals surface area contributed by atoms with Crippen molar-refractivity contribution in [1.29, 1.82) is 0 Å². The lowest BCUT2D eigenvalue weighted by Crippen LogP contribution is -2.47. The number of nitrogens with zero attached hydrogens (tertiary/aromatic N) is 2. The van der Waals surface area contributed by atoms with E-state index < -0.39 is 29.8 Å². The lowest BCUT2D eigenvalue weighted by atomic mass is 9.72. The maximum absolute atomic E-state index is 13.8. The summed E-state index contributed by atoms with van der Waals surface area (Å²) in [5, 5.41) is 18.9. The monoisotopic (exact) mass is 636 g/mol. The van der Waals surface area contributed by atoms with Crippen LogP contribution in [-0.2, 0) is 27.2 Å². The van der Waals surface area contributed by atoms with Gasteiger partial charge in [0.2, 0.25) is 5.91 Å². The molecule has 3 heterocycles. The summed E-state index contributed by atoms with van der Waals surface area (Å²) >= 11 is 0. The molecule has 4 atom stereocenters. The van der Waals surface area contributed by atoms with E-state index in [-0.39, 0.29) is 18.0 Å². The van der Waals surface area contributed by atoms with E-state index in [0.29, 0.717) is 42.6 Å². The van der Waals surface area contributed by atoms with E-state index in [1.54, 1.807) is 33.3 Å². The molecule has 2 N–H and O–H groups in total. The number of carboxylic acid groups (broad SMARTS) is 2. The Bertz CT molecular complexity index is 1520. The van der Waals surface area contributed by atoms with Gasteiger partial charge in [0.25, 0.3) is 0 Å². The zero-order valence-corrected chi connectivity index (χ0v) is 27.2. The van der Waals surface area contributed by atoms with Crippen LogP contribution < -0.4 is 18.9 Å². The third-order valence-electron chi connectivity index (χ3n) is 10.0. The van der Waals surface area contributed by atoms with Crippen LogP contribution >= 0.6 is 0 Å². The van der Waals surface area contributed by atoms with Crippen molar-refractivity contribution in [3.8, 4) is 23.0 Å². The largest absolute Gasteiger partial charge is 0.493 e. The van der Waals surface area contributed by atoms with Gasteiger partial charge < -0.3 is 34.1 Å². The van der Waals surface area contributed by atoms with Gasteiger partial charge in [0, 0.05) is 31.8 Å². The molecule has 248 valence electrons. The van der Waals surface area contributed by atoms with Crippen LogP contribution in [0.5, 0.6) is 23.0 Å². The van der Waals surface area contributed by atoms with Gasteiger partial charge in [-0.3, -0.25) is 14.5 Å². The van der Waals surface area contributed by atoms with Gasteiger partial charge in [0.1, 0.15) is 0 Å². The van der Waals surface area contributed by atoms with E-state index in [1.807, 2.05) is 12.1 Å². The van der Waals surface area contributed by atoms with Crippen molar-refractivity contribution in [1.82, 2.24) is 9.80 Å². The summed E-state index contributed by atoms with van der Waals surface area (Å²) in [6, 6.07) is 7.91. The molecule has 3 aliphatic heterocycles. The maximum atomic E-state index is 13.8. The zero-order chi connectivity index (χ0) is 33.1. The Morgan fingerprint density at radius 1 is 0.826 bits per heavy atom. The normalized spacial score (nSPS) is 22.6. The van der Waals surface area contributed by atoms with Crippen molar-refractivity contribution in [2.75, 3.05) is 48.1 Å². The number of rotatable bonds is 11. The first kappa shape index (κ1) is 33.1. The summed E-state index contributed by atoms with van der Waals surface area (Å²) in [5.74, 6) is -0.00907. The van der Waals surface area contributed by atoms with Gasteiger partial charge in [-0.1, -0.05) is 13.3 Å². The fraction of sp³-hybridized carbons (Fsp3) is 0.514. The van der Waals surface area contributed by atoms with Crippen LogP contribution in [0, 0.1) is 11.8 Å². The van der Waals surface area contributed by atoms with Gasteiger partial charge in [-0.15, -0.1) is 0 Å². The third kappa shape index (κ3) is 6.51. The molecule has 0 bridgehead atoms. The summed E-state index contributed by atoms with van der Waals surface area (Å²) in [5.41, 5.74) is 4.04. The molecule has 46 heavy (non-hydrogen) atoms. The lowest BCUT2D eigenvalue weighted by Gasteiger charge is -2.49. The Balaban J connectivity index is 1.54. The summed E-state index contributed by atoms with van der Waals surface area (Å²) in [6.45, 7) is 4.46. The second kappa shape index (κ2) is 14.0. The van der Waals surface area contributed by atoms with Crippen LogP contribution in [0.4, 0.5) is 0 Å². The first-order chi connectivity index (χ1) is 22.1. The minimum absolute atomic E-state index is 0.183. The predicted molar refractivity (Wildman–Crippen MR) is 170 cm³/mol. The van der Waals surface area contributed by atoms with Crippen LogP contribution in [0.2, 0.25) is 0 Å². The number of carbonyl (C=O) groups excluding carboxylic acids is 1. The summed E-state index contributed by atoms with van der Waals surface area (Å²) in [6.07, 6.45) is 4.24. The molecule has 11 heteroatoms. The first-order valence-electron chi connectivity index (χ1n) is 15.8. The number of carbonyl (C=O) groups is 3. The van der Waals surface area contributed by atoms with Crippen molar-refractivity contribution in [2.45, 2.75) is 57.5 Å². The summed E-state index contributed by atoms with van der Waals surface area (Å²) in [4.78, 5) is 41.3. The lowest BCUT2D eigenvalue weighted by molar-refractivity contribution is -0.139. The van der Waals surface area contributed by atoms with E-state index in [2.05, 4.69) is 24.0 Å². The highest BCUT2D eigenvalue weighted by Gasteiger charge is 2.42. The number of hydrogen-bond donors (Lipinski definition) is 2. The molecule has 1 saturated heterocycles. The first-order valence-corrected chi connectivity index (χ1v) is 15.8. The van der Waals surface area contributed by atoms with E-state index in [1.165, 1.54) is 11.1 Å². The van der Waals surface area contributed by atoms with Gasteiger partial charge in [-0.25, -0.2) is 4.79 Å². The number of ether oxygens (including phenoxy) is 4. The molecule has 1 amide bonds. The minimum atomic E-state index is -1.42. The van der Waals surface area contributed by atoms with Crippen molar-refractivity contribution in [2.24, 2.45) is 11.8 Å². The quantitative estimate of drug-likeness (QED) is 0.335. The number of fused-ring (bicyclic) bond motifs is 4. The van der Waals surface area contributed by atoms with Gasteiger partial charge in [0.15, 0.2) is 23.0 Å². The minimum Gasteiger partial charge on any atom is -0.493 e. The third-order valence-corrected chi connectivity index (χ3v) is 10.0. The van der Waals surface area contributed by atoms with Crippen molar-refractivity contribution >= 4 is 17.8 Å².